The summed E-state index contributed by atoms with van der Waals surface area (Å²) < 4.78 is 0.196. The van der Waals surface area contributed by atoms with Crippen LogP contribution in [0.4, 0.5) is 5.69 Å². The minimum absolute atomic E-state index is 0.196. The van der Waals surface area contributed by atoms with E-state index in [0.29, 0.717) is 4.91 Å². The Morgan fingerprint density at radius 3 is 2.74 bits per heavy atom. The molecule has 0 bridgehead atoms. The van der Waals surface area contributed by atoms with Gasteiger partial charge in [-0.1, -0.05) is 47.9 Å². The van der Waals surface area contributed by atoms with Crippen LogP contribution in [0.5, 0.6) is 0 Å². The summed E-state index contributed by atoms with van der Waals surface area (Å²) in [6, 6.07) is 8.07. The Bertz CT molecular complexity index is 976. The average Bonchev–Trinajstić information content (AvgIpc) is 3.14. The van der Waals surface area contributed by atoms with Gasteiger partial charge in [0.2, 0.25) is 0 Å². The van der Waals surface area contributed by atoms with E-state index in [9.17, 15) is 9.59 Å². The fraction of sp³-hybridized carbons (Fsp3) is 0.111. The van der Waals surface area contributed by atoms with Crippen molar-refractivity contribution in [3.8, 4) is 0 Å². The first-order chi connectivity index (χ1) is 13.0. The smallest absolute Gasteiger partial charge is 0.335 e. The Hall–Kier alpha value is -2.54. The maximum atomic E-state index is 12.5. The molecule has 0 unspecified atom stereocenters. The number of allylic oxidation sites excluding steroid dienone is 2. The third-order valence-electron chi connectivity index (χ3n) is 3.74. The zero-order valence-corrected chi connectivity index (χ0v) is 16.5. The molecule has 1 aromatic rings. The highest BCUT2D eigenvalue weighted by Crippen LogP contribution is 2.45. The molecule has 2 aliphatic rings. The van der Waals surface area contributed by atoms with Crippen LogP contribution in [0.25, 0.3) is 4.85 Å². The summed E-state index contributed by atoms with van der Waals surface area (Å²) in [4.78, 5) is 31.1. The standard InChI is InChI=1S/C18H13N3O3S3/c1-3-20-12-6-4-5-7-13(12)26-15(20)9-8-14-16(22)21(18(25)27-14)10-11(19-2)17(23)24/h4-10H,3H2,1H3,(H,23,24)/b11-10-,14-8+,15-9+. The topological polar surface area (TPSA) is 65.2 Å². The van der Waals surface area contributed by atoms with Gasteiger partial charge in [-0.2, -0.15) is 0 Å². The zero-order chi connectivity index (χ0) is 19.6. The molecule has 2 aliphatic heterocycles. The molecule has 0 spiro atoms. The molecule has 1 amide bonds. The third-order valence-corrected chi connectivity index (χ3v) is 6.22. The monoisotopic (exact) mass is 415 g/mol. The number of thioether (sulfide) groups is 2. The molecule has 1 fully saturated rings. The Morgan fingerprint density at radius 1 is 1.33 bits per heavy atom. The van der Waals surface area contributed by atoms with E-state index < -0.39 is 17.6 Å². The lowest BCUT2D eigenvalue weighted by Gasteiger charge is -2.17. The highest BCUT2D eigenvalue weighted by atomic mass is 32.2. The number of thiocarbonyl (C=S) groups is 1. The second kappa shape index (κ2) is 8.00. The third kappa shape index (κ3) is 3.78. The second-order valence-corrected chi connectivity index (χ2v) is 8.06. The SMILES string of the molecule is [C-]#[N+]/C(=C\N1C(=O)/C(=C\C=C2\Sc3ccccc3N2CC)SC1=S)C(=O)O. The minimum Gasteiger partial charge on any atom is -0.486 e. The van der Waals surface area contributed by atoms with Crippen LogP contribution in [0.15, 0.2) is 63.1 Å². The number of carbonyl (C=O) groups is 2. The molecule has 0 aliphatic carbocycles. The van der Waals surface area contributed by atoms with Gasteiger partial charge in [0.05, 0.1) is 22.2 Å². The summed E-state index contributed by atoms with van der Waals surface area (Å²) in [5.41, 5.74) is 0.563. The van der Waals surface area contributed by atoms with Crippen LogP contribution in [-0.2, 0) is 9.59 Å². The van der Waals surface area contributed by atoms with Crippen LogP contribution in [0.3, 0.4) is 0 Å². The Kier molecular flexibility index (Phi) is 5.70. The van der Waals surface area contributed by atoms with Crippen LogP contribution in [0.2, 0.25) is 0 Å². The lowest BCUT2D eigenvalue weighted by molar-refractivity contribution is -0.132. The van der Waals surface area contributed by atoms with Gasteiger partial charge in [0.25, 0.3) is 11.6 Å². The van der Waals surface area contributed by atoms with Gasteiger partial charge in [-0.3, -0.25) is 14.5 Å². The number of carboxylic acids is 1. The molecule has 3 rings (SSSR count). The van der Waals surface area contributed by atoms with Gasteiger partial charge in [-0.05, 0) is 31.2 Å². The molecule has 0 atom stereocenters. The van der Waals surface area contributed by atoms with E-state index in [2.05, 4.69) is 22.7 Å². The molecule has 1 saturated heterocycles. The number of hydrogen-bond acceptors (Lipinski definition) is 6. The first-order valence-corrected chi connectivity index (χ1v) is 9.84. The summed E-state index contributed by atoms with van der Waals surface area (Å²) in [6.45, 7) is 9.74. The number of benzene rings is 1. The normalized spacial score (nSPS) is 19.8. The van der Waals surface area contributed by atoms with Crippen LogP contribution >= 0.6 is 35.7 Å². The summed E-state index contributed by atoms with van der Waals surface area (Å²) >= 11 is 7.85. The molecular formula is C18H13N3O3S3. The quantitative estimate of drug-likeness (QED) is 0.452. The van der Waals surface area contributed by atoms with E-state index in [0.717, 1.165) is 45.0 Å². The molecule has 0 aromatic heterocycles. The number of para-hydroxylation sites is 1. The highest BCUT2D eigenvalue weighted by molar-refractivity contribution is 8.26. The van der Waals surface area contributed by atoms with Crippen LogP contribution in [0.1, 0.15) is 6.92 Å². The van der Waals surface area contributed by atoms with Gasteiger partial charge in [0.1, 0.15) is 0 Å². The van der Waals surface area contributed by atoms with E-state index in [1.54, 1.807) is 17.8 Å². The van der Waals surface area contributed by atoms with Crippen molar-refractivity contribution in [2.45, 2.75) is 11.8 Å². The fourth-order valence-corrected chi connectivity index (χ4v) is 4.79. The summed E-state index contributed by atoms with van der Waals surface area (Å²) in [6.07, 6.45) is 4.51. The van der Waals surface area contributed by atoms with E-state index >= 15 is 0 Å². The van der Waals surface area contributed by atoms with Gasteiger partial charge in [0.15, 0.2) is 4.32 Å². The van der Waals surface area contributed by atoms with E-state index in [4.69, 9.17) is 23.9 Å². The van der Waals surface area contributed by atoms with Crippen molar-refractivity contribution in [1.29, 1.82) is 0 Å². The lowest BCUT2D eigenvalue weighted by Crippen LogP contribution is -2.23. The van der Waals surface area contributed by atoms with Gasteiger partial charge in [0, 0.05) is 17.6 Å². The molecule has 6 nitrogen and oxygen atoms in total. The molecule has 27 heavy (non-hydrogen) atoms. The maximum absolute atomic E-state index is 12.5. The molecule has 1 aromatic carbocycles. The van der Waals surface area contributed by atoms with Crippen molar-refractivity contribution < 1.29 is 14.7 Å². The number of carboxylic acid groups (broad SMARTS) is 1. The fourth-order valence-electron chi connectivity index (χ4n) is 2.51. The molecule has 136 valence electrons. The zero-order valence-electron chi connectivity index (χ0n) is 14.1. The number of nitrogens with zero attached hydrogens (tertiary/aromatic N) is 3. The lowest BCUT2D eigenvalue weighted by atomic mass is 10.3. The van der Waals surface area contributed by atoms with Crippen molar-refractivity contribution in [2.75, 3.05) is 11.4 Å². The Morgan fingerprint density at radius 2 is 2.07 bits per heavy atom. The predicted molar refractivity (Wildman–Crippen MR) is 111 cm³/mol. The van der Waals surface area contributed by atoms with Crippen LogP contribution in [-0.4, -0.2) is 32.7 Å². The Labute approximate surface area is 170 Å². The molecule has 1 N–H and O–H groups in total. The second-order valence-electron chi connectivity index (χ2n) is 5.32. The molecule has 2 heterocycles. The van der Waals surface area contributed by atoms with Gasteiger partial charge in [-0.15, -0.1) is 0 Å². The van der Waals surface area contributed by atoms with Crippen molar-refractivity contribution in [1.82, 2.24) is 4.90 Å². The highest BCUT2D eigenvalue weighted by Gasteiger charge is 2.32. The molecule has 9 heteroatoms. The average molecular weight is 416 g/mol. The van der Waals surface area contributed by atoms with Crippen molar-refractivity contribution >= 4 is 57.6 Å². The van der Waals surface area contributed by atoms with Gasteiger partial charge < -0.3 is 10.0 Å². The number of carbonyl (C=O) groups excluding carboxylic acids is 1. The van der Waals surface area contributed by atoms with E-state index in [1.807, 2.05) is 24.3 Å². The first kappa shape index (κ1) is 19.2. The number of rotatable bonds is 4. The number of hydrogen-bond donors (Lipinski definition) is 1. The number of amides is 1. The Balaban J connectivity index is 1.86. The summed E-state index contributed by atoms with van der Waals surface area (Å²) in [7, 11) is 0. The summed E-state index contributed by atoms with van der Waals surface area (Å²) in [5, 5.41) is 9.95. The minimum atomic E-state index is -1.40. The van der Waals surface area contributed by atoms with Crippen LogP contribution < -0.4 is 4.90 Å². The van der Waals surface area contributed by atoms with Crippen molar-refractivity contribution in [3.63, 3.8) is 0 Å². The van der Waals surface area contributed by atoms with Crippen molar-refractivity contribution in [3.05, 3.63) is 69.7 Å². The number of fused-ring (bicyclic) bond motifs is 1. The van der Waals surface area contributed by atoms with E-state index in [-0.39, 0.29) is 4.32 Å². The largest absolute Gasteiger partial charge is 0.486 e. The first-order valence-electron chi connectivity index (χ1n) is 7.80. The van der Waals surface area contributed by atoms with Gasteiger partial charge >= 0.3 is 5.97 Å². The molecular weight excluding hydrogens is 402 g/mol. The van der Waals surface area contributed by atoms with E-state index in [1.165, 1.54) is 0 Å². The van der Waals surface area contributed by atoms with Crippen LogP contribution in [0, 0.1) is 6.57 Å². The number of aliphatic carboxylic acids is 1. The predicted octanol–water partition coefficient (Wildman–Crippen LogP) is 4.05. The summed E-state index contributed by atoms with van der Waals surface area (Å²) in [5.74, 6) is -1.84. The number of anilines is 1. The molecule has 0 saturated carbocycles. The van der Waals surface area contributed by atoms with Gasteiger partial charge in [-0.25, -0.2) is 4.85 Å². The van der Waals surface area contributed by atoms with Crippen molar-refractivity contribution in [2.24, 2.45) is 0 Å². The molecule has 0 radical (unpaired) electrons. The maximum Gasteiger partial charge on any atom is 0.335 e.